The van der Waals surface area contributed by atoms with Gasteiger partial charge in [0.2, 0.25) is 0 Å². The minimum atomic E-state index is -1.15. The van der Waals surface area contributed by atoms with Gasteiger partial charge in [-0.3, -0.25) is 5.01 Å². The number of amides is 1. The SMILES string of the molecule is CCC(CC)N1NN(C)C(=O)n2cnc(C(=O)O)c21. The van der Waals surface area contributed by atoms with Gasteiger partial charge in [0.05, 0.1) is 0 Å². The summed E-state index contributed by atoms with van der Waals surface area (Å²) in [6.07, 6.45) is 2.87. The lowest BCUT2D eigenvalue weighted by Gasteiger charge is -2.39. The average molecular weight is 267 g/mol. The van der Waals surface area contributed by atoms with Crippen molar-refractivity contribution in [1.82, 2.24) is 20.1 Å². The lowest BCUT2D eigenvalue weighted by atomic mass is 10.1. The van der Waals surface area contributed by atoms with E-state index in [9.17, 15) is 14.7 Å². The number of imidazole rings is 1. The second-order valence-electron chi connectivity index (χ2n) is 4.37. The van der Waals surface area contributed by atoms with E-state index in [1.807, 2.05) is 13.8 Å². The second kappa shape index (κ2) is 4.88. The van der Waals surface area contributed by atoms with Crippen LogP contribution in [0.2, 0.25) is 0 Å². The molecule has 104 valence electrons. The Morgan fingerprint density at radius 1 is 1.47 bits per heavy atom. The Morgan fingerprint density at radius 2 is 2.11 bits per heavy atom. The van der Waals surface area contributed by atoms with Gasteiger partial charge in [-0.15, -0.1) is 5.53 Å². The summed E-state index contributed by atoms with van der Waals surface area (Å²) in [6, 6.07) is -0.290. The van der Waals surface area contributed by atoms with Crippen molar-refractivity contribution < 1.29 is 14.7 Å². The molecule has 1 aliphatic heterocycles. The van der Waals surface area contributed by atoms with E-state index in [-0.39, 0.29) is 23.6 Å². The Balaban J connectivity index is 2.54. The number of carboxylic acid groups (broad SMARTS) is 1. The highest BCUT2D eigenvalue weighted by Crippen LogP contribution is 2.26. The number of aromatic carboxylic acids is 1. The smallest absolute Gasteiger partial charge is 0.358 e. The number of hydrogen-bond donors (Lipinski definition) is 2. The molecule has 1 aliphatic rings. The van der Waals surface area contributed by atoms with Gasteiger partial charge in [0.15, 0.2) is 11.5 Å². The van der Waals surface area contributed by atoms with Gasteiger partial charge < -0.3 is 5.11 Å². The van der Waals surface area contributed by atoms with Crippen LogP contribution in [0.1, 0.15) is 37.2 Å². The van der Waals surface area contributed by atoms with E-state index in [0.717, 1.165) is 12.8 Å². The zero-order valence-corrected chi connectivity index (χ0v) is 11.1. The van der Waals surface area contributed by atoms with E-state index in [1.165, 1.54) is 15.9 Å². The maximum absolute atomic E-state index is 12.0. The van der Waals surface area contributed by atoms with Crippen molar-refractivity contribution in [3.8, 4) is 0 Å². The number of aromatic nitrogens is 2. The van der Waals surface area contributed by atoms with Gasteiger partial charge in [-0.25, -0.2) is 24.1 Å². The number of nitrogens with one attached hydrogen (secondary N) is 1. The zero-order valence-electron chi connectivity index (χ0n) is 11.1. The van der Waals surface area contributed by atoms with Gasteiger partial charge in [0.25, 0.3) is 0 Å². The van der Waals surface area contributed by atoms with Crippen LogP contribution >= 0.6 is 0 Å². The highest BCUT2D eigenvalue weighted by molar-refractivity contribution is 5.95. The Labute approximate surface area is 110 Å². The topological polar surface area (TPSA) is 90.7 Å². The van der Waals surface area contributed by atoms with Gasteiger partial charge in [-0.2, -0.15) is 0 Å². The summed E-state index contributed by atoms with van der Waals surface area (Å²) in [5.74, 6) is -0.867. The van der Waals surface area contributed by atoms with Crippen LogP contribution in [0.25, 0.3) is 0 Å². The number of carboxylic acids is 1. The molecule has 1 aromatic heterocycles. The highest BCUT2D eigenvalue weighted by Gasteiger charge is 2.35. The fourth-order valence-electron chi connectivity index (χ4n) is 2.18. The lowest BCUT2D eigenvalue weighted by molar-refractivity contribution is 0.0690. The number of hydrazine groups is 2. The van der Waals surface area contributed by atoms with E-state index in [0.29, 0.717) is 0 Å². The third kappa shape index (κ3) is 2.03. The Bertz CT molecular complexity index is 508. The summed E-state index contributed by atoms with van der Waals surface area (Å²) in [5, 5.41) is 12.2. The summed E-state index contributed by atoms with van der Waals surface area (Å²) in [7, 11) is 1.58. The summed E-state index contributed by atoms with van der Waals surface area (Å²) in [4.78, 5) is 27.0. The molecule has 8 nitrogen and oxygen atoms in total. The zero-order chi connectivity index (χ0) is 14.2. The van der Waals surface area contributed by atoms with Crippen molar-refractivity contribution >= 4 is 17.8 Å². The molecule has 2 heterocycles. The van der Waals surface area contributed by atoms with Crippen molar-refractivity contribution in [1.29, 1.82) is 0 Å². The molecule has 0 fully saturated rings. The Kier molecular flexibility index (Phi) is 3.43. The lowest BCUT2D eigenvalue weighted by Crippen LogP contribution is -2.60. The maximum Gasteiger partial charge on any atom is 0.358 e. The second-order valence-corrected chi connectivity index (χ2v) is 4.37. The highest BCUT2D eigenvalue weighted by atomic mass is 16.4. The fourth-order valence-corrected chi connectivity index (χ4v) is 2.18. The van der Waals surface area contributed by atoms with Crippen LogP contribution in [0.15, 0.2) is 6.33 Å². The number of fused-ring (bicyclic) bond motifs is 1. The molecule has 2 rings (SSSR count). The van der Waals surface area contributed by atoms with Crippen molar-refractivity contribution in [3.05, 3.63) is 12.0 Å². The number of anilines is 1. The number of nitrogens with zero attached hydrogens (tertiary/aromatic N) is 4. The monoisotopic (exact) mass is 267 g/mol. The van der Waals surface area contributed by atoms with Crippen molar-refractivity contribution in [2.24, 2.45) is 0 Å². The number of carbonyl (C=O) groups is 2. The van der Waals surface area contributed by atoms with E-state index >= 15 is 0 Å². The number of carbonyl (C=O) groups excluding carboxylic acids is 1. The molecule has 1 aromatic rings. The van der Waals surface area contributed by atoms with Crippen molar-refractivity contribution in [3.63, 3.8) is 0 Å². The Hall–Kier alpha value is -2.09. The van der Waals surface area contributed by atoms with Gasteiger partial charge in [0, 0.05) is 13.1 Å². The molecule has 0 saturated heterocycles. The van der Waals surface area contributed by atoms with Crippen LogP contribution in [0.4, 0.5) is 10.6 Å². The Morgan fingerprint density at radius 3 is 2.63 bits per heavy atom. The van der Waals surface area contributed by atoms with Crippen LogP contribution in [0, 0.1) is 0 Å². The first kappa shape index (κ1) is 13.3. The van der Waals surface area contributed by atoms with Gasteiger partial charge in [-0.1, -0.05) is 13.8 Å². The average Bonchev–Trinajstić information content (AvgIpc) is 2.81. The van der Waals surface area contributed by atoms with E-state index in [2.05, 4.69) is 10.5 Å². The molecule has 19 heavy (non-hydrogen) atoms. The van der Waals surface area contributed by atoms with Crippen LogP contribution < -0.4 is 10.5 Å². The molecular weight excluding hydrogens is 250 g/mol. The molecular formula is C11H17N5O3. The summed E-state index contributed by atoms with van der Waals surface area (Å²) in [5.41, 5.74) is 2.77. The molecule has 0 saturated carbocycles. The van der Waals surface area contributed by atoms with Crippen LogP contribution in [0.3, 0.4) is 0 Å². The number of rotatable bonds is 4. The normalized spacial score (nSPS) is 15.1. The molecule has 2 N–H and O–H groups in total. The minimum Gasteiger partial charge on any atom is -0.476 e. The first-order valence-electron chi connectivity index (χ1n) is 6.15. The molecule has 0 bridgehead atoms. The summed E-state index contributed by atoms with van der Waals surface area (Å²) in [6.45, 7) is 4.01. The molecule has 0 radical (unpaired) electrons. The van der Waals surface area contributed by atoms with E-state index in [4.69, 9.17) is 0 Å². The van der Waals surface area contributed by atoms with Crippen molar-refractivity contribution in [2.45, 2.75) is 32.7 Å². The van der Waals surface area contributed by atoms with Gasteiger partial charge >= 0.3 is 12.0 Å². The number of hydrogen-bond acceptors (Lipinski definition) is 5. The molecule has 0 aliphatic carbocycles. The van der Waals surface area contributed by atoms with Crippen LogP contribution in [-0.4, -0.2) is 44.8 Å². The first-order valence-corrected chi connectivity index (χ1v) is 6.15. The third-order valence-corrected chi connectivity index (χ3v) is 3.23. The molecule has 0 spiro atoms. The molecule has 0 aromatic carbocycles. The fraction of sp³-hybridized carbons (Fsp3) is 0.545. The minimum absolute atomic E-state index is 0.0732. The molecule has 0 unspecified atom stereocenters. The third-order valence-electron chi connectivity index (χ3n) is 3.23. The predicted molar refractivity (Wildman–Crippen MR) is 67.7 cm³/mol. The van der Waals surface area contributed by atoms with Gasteiger partial charge in [0.1, 0.15) is 6.33 Å². The first-order chi connectivity index (χ1) is 9.01. The van der Waals surface area contributed by atoms with Crippen LogP contribution in [-0.2, 0) is 0 Å². The maximum atomic E-state index is 12.0. The predicted octanol–water partition coefficient (Wildman–Crippen LogP) is 0.909. The van der Waals surface area contributed by atoms with E-state index < -0.39 is 5.97 Å². The van der Waals surface area contributed by atoms with Crippen molar-refractivity contribution in [2.75, 3.05) is 12.1 Å². The summed E-state index contributed by atoms with van der Waals surface area (Å²) < 4.78 is 1.25. The largest absolute Gasteiger partial charge is 0.476 e. The van der Waals surface area contributed by atoms with Gasteiger partial charge in [-0.05, 0) is 12.8 Å². The molecule has 8 heteroatoms. The van der Waals surface area contributed by atoms with Crippen LogP contribution in [0.5, 0.6) is 0 Å². The standard InChI is InChI=1S/C11H17N5O3/c1-4-7(5-2)16-9-8(10(17)18)12-6-15(9)11(19)14(3)13-16/h6-7,13H,4-5H2,1-3H3,(H,17,18). The molecule has 1 amide bonds. The molecule has 0 atom stereocenters. The van der Waals surface area contributed by atoms with E-state index in [1.54, 1.807) is 12.1 Å². The quantitative estimate of drug-likeness (QED) is 0.842. The summed E-state index contributed by atoms with van der Waals surface area (Å²) >= 11 is 0.